The van der Waals surface area contributed by atoms with Crippen molar-refractivity contribution in [3.05, 3.63) is 17.5 Å². The summed E-state index contributed by atoms with van der Waals surface area (Å²) in [5.41, 5.74) is 2.34. The SMILES string of the molecule is Cc1[nH]ncc1CN[C@@H]1CCN(C(=O)C(C)C)C[C@H]1C. The minimum Gasteiger partial charge on any atom is -0.342 e. The molecule has 0 radical (unpaired) electrons. The molecule has 112 valence electrons. The van der Waals surface area contributed by atoms with E-state index in [9.17, 15) is 4.79 Å². The van der Waals surface area contributed by atoms with E-state index in [0.29, 0.717) is 12.0 Å². The van der Waals surface area contributed by atoms with Crippen molar-refractivity contribution in [1.82, 2.24) is 20.4 Å². The van der Waals surface area contributed by atoms with Gasteiger partial charge in [0.05, 0.1) is 6.20 Å². The van der Waals surface area contributed by atoms with Crippen molar-refractivity contribution in [2.24, 2.45) is 11.8 Å². The third-order valence-electron chi connectivity index (χ3n) is 4.20. The van der Waals surface area contributed by atoms with Crippen LogP contribution in [0.2, 0.25) is 0 Å². The predicted octanol–water partition coefficient (Wildman–Crippen LogP) is 1.70. The van der Waals surface area contributed by atoms with Gasteiger partial charge >= 0.3 is 0 Å². The highest BCUT2D eigenvalue weighted by Crippen LogP contribution is 2.19. The Kier molecular flexibility index (Phi) is 4.81. The number of carbonyl (C=O) groups excluding carboxylic acids is 1. The summed E-state index contributed by atoms with van der Waals surface area (Å²) in [5.74, 6) is 0.861. The molecule has 5 nitrogen and oxygen atoms in total. The molecule has 20 heavy (non-hydrogen) atoms. The third-order valence-corrected chi connectivity index (χ3v) is 4.20. The highest BCUT2D eigenvalue weighted by atomic mass is 16.2. The number of aromatic nitrogens is 2. The van der Waals surface area contributed by atoms with Crippen LogP contribution in [0.5, 0.6) is 0 Å². The fourth-order valence-electron chi connectivity index (χ4n) is 2.81. The molecule has 1 fully saturated rings. The summed E-state index contributed by atoms with van der Waals surface area (Å²) in [6, 6.07) is 0.473. The number of rotatable bonds is 4. The molecule has 1 aromatic heterocycles. The standard InChI is InChI=1S/C15H26N4O/c1-10(2)15(20)19-6-5-14(11(3)9-19)16-7-13-8-17-18-12(13)4/h8,10-11,14,16H,5-7,9H2,1-4H3,(H,17,18)/t11-,14-/m1/s1. The Balaban J connectivity index is 1.84. The molecular formula is C15H26N4O. The summed E-state index contributed by atoms with van der Waals surface area (Å²) < 4.78 is 0. The monoisotopic (exact) mass is 278 g/mol. The Bertz CT molecular complexity index is 454. The fraction of sp³-hybridized carbons (Fsp3) is 0.733. The first-order valence-corrected chi connectivity index (χ1v) is 7.50. The Hall–Kier alpha value is -1.36. The number of hydrogen-bond acceptors (Lipinski definition) is 3. The summed E-state index contributed by atoms with van der Waals surface area (Å²) in [4.78, 5) is 14.0. The first-order chi connectivity index (χ1) is 9.49. The molecule has 2 rings (SSSR count). The number of piperidine rings is 1. The lowest BCUT2D eigenvalue weighted by atomic mass is 9.93. The largest absolute Gasteiger partial charge is 0.342 e. The van der Waals surface area contributed by atoms with Gasteiger partial charge in [-0.2, -0.15) is 5.10 Å². The minimum absolute atomic E-state index is 0.0975. The van der Waals surface area contributed by atoms with Crippen LogP contribution < -0.4 is 5.32 Å². The Labute approximate surface area is 121 Å². The number of hydrogen-bond donors (Lipinski definition) is 2. The zero-order chi connectivity index (χ0) is 14.7. The van der Waals surface area contributed by atoms with Crippen LogP contribution in [0, 0.1) is 18.8 Å². The van der Waals surface area contributed by atoms with Gasteiger partial charge in [0.25, 0.3) is 0 Å². The quantitative estimate of drug-likeness (QED) is 0.881. The zero-order valence-corrected chi connectivity index (χ0v) is 12.9. The minimum atomic E-state index is 0.0975. The number of aromatic amines is 1. The highest BCUT2D eigenvalue weighted by molar-refractivity contribution is 5.78. The predicted molar refractivity (Wildman–Crippen MR) is 79.2 cm³/mol. The maximum absolute atomic E-state index is 12.0. The van der Waals surface area contributed by atoms with E-state index in [0.717, 1.165) is 31.7 Å². The molecule has 1 aromatic rings. The van der Waals surface area contributed by atoms with Crippen LogP contribution in [0.15, 0.2) is 6.20 Å². The van der Waals surface area contributed by atoms with Gasteiger partial charge in [0, 0.05) is 42.9 Å². The van der Waals surface area contributed by atoms with Gasteiger partial charge in [-0.15, -0.1) is 0 Å². The normalized spacial score (nSPS) is 23.4. The molecule has 5 heteroatoms. The van der Waals surface area contributed by atoms with Crippen LogP contribution in [0.1, 0.15) is 38.4 Å². The maximum atomic E-state index is 12.0. The van der Waals surface area contributed by atoms with Crippen molar-refractivity contribution < 1.29 is 4.79 Å². The number of amides is 1. The van der Waals surface area contributed by atoms with E-state index in [1.807, 2.05) is 31.9 Å². The number of aryl methyl sites for hydroxylation is 1. The van der Waals surface area contributed by atoms with Gasteiger partial charge in [-0.1, -0.05) is 20.8 Å². The fourth-order valence-corrected chi connectivity index (χ4v) is 2.81. The van der Waals surface area contributed by atoms with Gasteiger partial charge in [-0.3, -0.25) is 9.89 Å². The van der Waals surface area contributed by atoms with E-state index >= 15 is 0 Å². The molecular weight excluding hydrogens is 252 g/mol. The second kappa shape index (κ2) is 6.39. The van der Waals surface area contributed by atoms with Crippen molar-refractivity contribution >= 4 is 5.91 Å². The van der Waals surface area contributed by atoms with Gasteiger partial charge in [0.15, 0.2) is 0 Å². The smallest absolute Gasteiger partial charge is 0.225 e. The van der Waals surface area contributed by atoms with Crippen LogP contribution in [-0.2, 0) is 11.3 Å². The molecule has 0 saturated carbocycles. The van der Waals surface area contributed by atoms with Crippen molar-refractivity contribution in [3.63, 3.8) is 0 Å². The molecule has 0 aliphatic carbocycles. The lowest BCUT2D eigenvalue weighted by Crippen LogP contribution is -2.50. The molecule has 0 unspecified atom stereocenters. The van der Waals surface area contributed by atoms with Gasteiger partial charge in [0.1, 0.15) is 0 Å². The van der Waals surface area contributed by atoms with E-state index in [-0.39, 0.29) is 11.8 Å². The molecule has 0 spiro atoms. The van der Waals surface area contributed by atoms with Crippen molar-refractivity contribution in [2.75, 3.05) is 13.1 Å². The summed E-state index contributed by atoms with van der Waals surface area (Å²) in [5, 5.41) is 10.6. The summed E-state index contributed by atoms with van der Waals surface area (Å²) in [7, 11) is 0. The van der Waals surface area contributed by atoms with Gasteiger partial charge in [-0.05, 0) is 19.3 Å². The van der Waals surface area contributed by atoms with E-state index in [2.05, 4.69) is 22.4 Å². The number of nitrogens with one attached hydrogen (secondary N) is 2. The summed E-state index contributed by atoms with van der Waals surface area (Å²) in [6.45, 7) is 10.8. The van der Waals surface area contributed by atoms with E-state index < -0.39 is 0 Å². The van der Waals surface area contributed by atoms with Gasteiger partial charge < -0.3 is 10.2 Å². The first-order valence-electron chi connectivity index (χ1n) is 7.50. The highest BCUT2D eigenvalue weighted by Gasteiger charge is 2.29. The lowest BCUT2D eigenvalue weighted by Gasteiger charge is -2.38. The zero-order valence-electron chi connectivity index (χ0n) is 12.9. The number of nitrogens with zero attached hydrogens (tertiary/aromatic N) is 2. The van der Waals surface area contributed by atoms with Crippen molar-refractivity contribution in [3.8, 4) is 0 Å². The maximum Gasteiger partial charge on any atom is 0.225 e. The molecule has 1 aliphatic heterocycles. The van der Waals surface area contributed by atoms with E-state index in [4.69, 9.17) is 0 Å². The summed E-state index contributed by atoms with van der Waals surface area (Å²) >= 11 is 0. The van der Waals surface area contributed by atoms with E-state index in [1.54, 1.807) is 0 Å². The Morgan fingerprint density at radius 2 is 2.35 bits per heavy atom. The van der Waals surface area contributed by atoms with Crippen LogP contribution >= 0.6 is 0 Å². The second-order valence-corrected chi connectivity index (χ2v) is 6.21. The second-order valence-electron chi connectivity index (χ2n) is 6.21. The average molecular weight is 278 g/mol. The van der Waals surface area contributed by atoms with Gasteiger partial charge in [-0.25, -0.2) is 0 Å². The average Bonchev–Trinajstić information content (AvgIpc) is 2.82. The topological polar surface area (TPSA) is 61.0 Å². The molecule has 2 atom stereocenters. The van der Waals surface area contributed by atoms with Crippen LogP contribution in [0.25, 0.3) is 0 Å². The Morgan fingerprint density at radius 3 is 2.90 bits per heavy atom. The van der Waals surface area contributed by atoms with Crippen LogP contribution in [0.4, 0.5) is 0 Å². The molecule has 0 bridgehead atoms. The number of likely N-dealkylation sites (tertiary alicyclic amines) is 1. The first kappa shape index (κ1) is 15.0. The Morgan fingerprint density at radius 1 is 1.60 bits per heavy atom. The number of carbonyl (C=O) groups is 1. The third kappa shape index (κ3) is 3.39. The van der Waals surface area contributed by atoms with Gasteiger partial charge in [0.2, 0.25) is 5.91 Å². The van der Waals surface area contributed by atoms with E-state index in [1.165, 1.54) is 5.56 Å². The van der Waals surface area contributed by atoms with Crippen molar-refractivity contribution in [2.45, 2.75) is 46.7 Å². The molecule has 1 amide bonds. The number of H-pyrrole nitrogens is 1. The molecule has 1 aliphatic rings. The molecule has 2 heterocycles. The molecule has 0 aromatic carbocycles. The van der Waals surface area contributed by atoms with Crippen LogP contribution in [-0.4, -0.2) is 40.1 Å². The summed E-state index contributed by atoms with van der Waals surface area (Å²) in [6.07, 6.45) is 2.90. The molecule has 1 saturated heterocycles. The van der Waals surface area contributed by atoms with Crippen LogP contribution in [0.3, 0.4) is 0 Å². The lowest BCUT2D eigenvalue weighted by molar-refractivity contribution is -0.136. The van der Waals surface area contributed by atoms with Crippen molar-refractivity contribution in [1.29, 1.82) is 0 Å². The molecule has 2 N–H and O–H groups in total.